The monoisotopic (exact) mass is 810 g/mol. The van der Waals surface area contributed by atoms with E-state index in [0.29, 0.717) is 19.3 Å². The largest absolute Gasteiger partial charge is 0.462 e. The van der Waals surface area contributed by atoms with Gasteiger partial charge in [0.2, 0.25) is 5.91 Å². The number of amides is 1. The van der Waals surface area contributed by atoms with Crippen LogP contribution in [-0.4, -0.2) is 46.9 Å². The molecule has 0 heterocycles. The van der Waals surface area contributed by atoms with Crippen molar-refractivity contribution in [2.75, 3.05) is 6.61 Å². The second-order valence-electron chi connectivity index (χ2n) is 16.1. The standard InChI is InChI=1S/C52H91NO5/c1-4-7-10-13-16-19-22-24-25-26-27-30-33-36-39-42-45-52(57)58-48(43-40-37-34-31-29-23-20-17-14-11-8-5-2)46-51(56)53-49(47-54)50(55)44-41-38-35-32-28-21-18-15-12-9-6-3/h7-8,10-11,16-17,19-20,24-25,27,30,48-50,54-55H,4-6,9,12-15,18,21-23,26,28-29,31-47H2,1-3H3,(H,53,56)/b10-7+,11-8+,19-16+,20-17+,25-24+,30-27+. The fourth-order valence-corrected chi connectivity index (χ4v) is 6.93. The van der Waals surface area contributed by atoms with Gasteiger partial charge in [0, 0.05) is 6.42 Å². The van der Waals surface area contributed by atoms with Crippen molar-refractivity contribution in [2.45, 2.75) is 238 Å². The number of ether oxygens (including phenoxy) is 1. The molecule has 3 atom stereocenters. The predicted octanol–water partition coefficient (Wildman–Crippen LogP) is 14.2. The van der Waals surface area contributed by atoms with Gasteiger partial charge in [0.15, 0.2) is 0 Å². The van der Waals surface area contributed by atoms with Crippen LogP contribution in [0.4, 0.5) is 0 Å². The van der Waals surface area contributed by atoms with Gasteiger partial charge in [-0.1, -0.05) is 190 Å². The molecule has 0 aromatic rings. The molecule has 0 saturated heterocycles. The first-order chi connectivity index (χ1) is 28.5. The first-order valence-electron chi connectivity index (χ1n) is 24.2. The van der Waals surface area contributed by atoms with E-state index in [1.807, 2.05) is 0 Å². The number of nitrogens with one attached hydrogen (secondary N) is 1. The average Bonchev–Trinajstić information content (AvgIpc) is 3.22. The third kappa shape index (κ3) is 40.1. The second kappa shape index (κ2) is 45.4. The molecule has 0 bridgehead atoms. The van der Waals surface area contributed by atoms with Crippen molar-refractivity contribution in [1.82, 2.24) is 5.32 Å². The van der Waals surface area contributed by atoms with Gasteiger partial charge in [-0.15, -0.1) is 0 Å². The molecule has 0 spiro atoms. The molecule has 6 nitrogen and oxygen atoms in total. The molecule has 1 amide bonds. The Labute approximate surface area is 358 Å². The van der Waals surface area contributed by atoms with Gasteiger partial charge in [0.25, 0.3) is 0 Å². The first-order valence-corrected chi connectivity index (χ1v) is 24.2. The van der Waals surface area contributed by atoms with E-state index < -0.39 is 18.2 Å². The molecule has 6 heteroatoms. The molecule has 0 aliphatic carbocycles. The molecular weight excluding hydrogens is 719 g/mol. The van der Waals surface area contributed by atoms with E-state index >= 15 is 0 Å². The predicted molar refractivity (Wildman–Crippen MR) is 250 cm³/mol. The zero-order valence-electron chi connectivity index (χ0n) is 37.9. The summed E-state index contributed by atoms with van der Waals surface area (Å²) < 4.78 is 5.90. The van der Waals surface area contributed by atoms with E-state index in [0.717, 1.165) is 116 Å². The van der Waals surface area contributed by atoms with Crippen LogP contribution in [0.2, 0.25) is 0 Å². The number of rotatable bonds is 42. The van der Waals surface area contributed by atoms with Crippen molar-refractivity contribution in [1.29, 1.82) is 0 Å². The molecule has 334 valence electrons. The topological polar surface area (TPSA) is 95.9 Å². The Morgan fingerprint density at radius 3 is 1.41 bits per heavy atom. The minimum Gasteiger partial charge on any atom is -0.462 e. The lowest BCUT2D eigenvalue weighted by atomic mass is 10.0. The minimum atomic E-state index is -0.798. The highest BCUT2D eigenvalue weighted by Crippen LogP contribution is 2.17. The number of carbonyl (C=O) groups is 2. The number of carbonyl (C=O) groups excluding carboxylic acids is 2. The summed E-state index contributed by atoms with van der Waals surface area (Å²) in [7, 11) is 0. The van der Waals surface area contributed by atoms with Crippen LogP contribution in [0.15, 0.2) is 72.9 Å². The van der Waals surface area contributed by atoms with Crippen molar-refractivity contribution in [3.05, 3.63) is 72.9 Å². The van der Waals surface area contributed by atoms with Gasteiger partial charge >= 0.3 is 5.97 Å². The summed E-state index contributed by atoms with van der Waals surface area (Å²) in [5.41, 5.74) is 0. The Morgan fingerprint density at radius 2 is 0.931 bits per heavy atom. The Morgan fingerprint density at radius 1 is 0.517 bits per heavy atom. The summed E-state index contributed by atoms with van der Waals surface area (Å²) in [4.78, 5) is 26.0. The molecule has 58 heavy (non-hydrogen) atoms. The Bertz CT molecular complexity index is 1090. The van der Waals surface area contributed by atoms with Crippen LogP contribution in [0.25, 0.3) is 0 Å². The smallest absolute Gasteiger partial charge is 0.306 e. The van der Waals surface area contributed by atoms with Gasteiger partial charge < -0.3 is 20.3 Å². The SMILES string of the molecule is CC/C=C/C/C=C/C/C=C/C/C=C/CCCCCC(=O)OC(CCCCCCC/C=C/C/C=C/CC)CC(=O)NC(CO)C(O)CCCCCCCCCCCCC. The van der Waals surface area contributed by atoms with E-state index in [4.69, 9.17) is 4.74 Å². The average molecular weight is 810 g/mol. The van der Waals surface area contributed by atoms with Crippen molar-refractivity contribution >= 4 is 11.9 Å². The minimum absolute atomic E-state index is 0.0521. The highest BCUT2D eigenvalue weighted by molar-refractivity contribution is 5.77. The number of aliphatic hydroxyl groups is 2. The van der Waals surface area contributed by atoms with Gasteiger partial charge in [0.05, 0.1) is 25.2 Å². The van der Waals surface area contributed by atoms with E-state index in [2.05, 4.69) is 99.0 Å². The fraction of sp³-hybridized carbons (Fsp3) is 0.731. The first kappa shape index (κ1) is 55.3. The number of hydrogen-bond acceptors (Lipinski definition) is 5. The number of esters is 1. The van der Waals surface area contributed by atoms with Crippen LogP contribution in [-0.2, 0) is 14.3 Å². The van der Waals surface area contributed by atoms with Gasteiger partial charge in [-0.3, -0.25) is 9.59 Å². The summed E-state index contributed by atoms with van der Waals surface area (Å²) in [5.74, 6) is -0.530. The Hall–Kier alpha value is -2.70. The zero-order valence-corrected chi connectivity index (χ0v) is 37.9. The van der Waals surface area contributed by atoms with Gasteiger partial charge in [0.1, 0.15) is 6.10 Å². The lowest BCUT2D eigenvalue weighted by Gasteiger charge is -2.24. The van der Waals surface area contributed by atoms with Crippen molar-refractivity contribution < 1.29 is 24.5 Å². The maximum Gasteiger partial charge on any atom is 0.306 e. The van der Waals surface area contributed by atoms with E-state index in [9.17, 15) is 19.8 Å². The van der Waals surface area contributed by atoms with Crippen molar-refractivity contribution in [2.24, 2.45) is 0 Å². The maximum absolute atomic E-state index is 13.2. The molecular formula is C52H91NO5. The Balaban J connectivity index is 4.66. The van der Waals surface area contributed by atoms with Crippen LogP contribution in [0.1, 0.15) is 220 Å². The number of allylic oxidation sites excluding steroid dienone is 12. The van der Waals surface area contributed by atoms with Crippen LogP contribution in [0, 0.1) is 0 Å². The lowest BCUT2D eigenvalue weighted by molar-refractivity contribution is -0.151. The third-order valence-electron chi connectivity index (χ3n) is 10.5. The van der Waals surface area contributed by atoms with Gasteiger partial charge in [-0.25, -0.2) is 0 Å². The highest BCUT2D eigenvalue weighted by Gasteiger charge is 2.24. The molecule has 3 N–H and O–H groups in total. The number of unbranched alkanes of at least 4 members (excludes halogenated alkanes) is 18. The summed E-state index contributed by atoms with van der Waals surface area (Å²) in [6, 6.07) is -0.714. The van der Waals surface area contributed by atoms with Crippen LogP contribution in [0.5, 0.6) is 0 Å². The number of aliphatic hydroxyl groups excluding tert-OH is 2. The maximum atomic E-state index is 13.2. The highest BCUT2D eigenvalue weighted by atomic mass is 16.5. The molecule has 0 fully saturated rings. The van der Waals surface area contributed by atoms with Gasteiger partial charge in [-0.05, 0) is 89.9 Å². The van der Waals surface area contributed by atoms with Crippen LogP contribution >= 0.6 is 0 Å². The normalized spacial score (nSPS) is 13.9. The molecule has 0 aliphatic rings. The van der Waals surface area contributed by atoms with Crippen LogP contribution < -0.4 is 5.32 Å². The fourth-order valence-electron chi connectivity index (χ4n) is 6.93. The summed E-state index contributed by atoms with van der Waals surface area (Å²) in [6.45, 7) is 6.23. The van der Waals surface area contributed by atoms with E-state index in [-0.39, 0.29) is 24.9 Å². The molecule has 0 aromatic heterocycles. The van der Waals surface area contributed by atoms with Crippen molar-refractivity contribution in [3.63, 3.8) is 0 Å². The number of hydrogen-bond donors (Lipinski definition) is 3. The van der Waals surface area contributed by atoms with E-state index in [1.54, 1.807) is 0 Å². The quantitative estimate of drug-likeness (QED) is 0.0324. The summed E-state index contributed by atoms with van der Waals surface area (Å²) in [6.07, 6.45) is 56.7. The Kier molecular flexibility index (Phi) is 43.3. The summed E-state index contributed by atoms with van der Waals surface area (Å²) >= 11 is 0. The molecule has 0 aromatic carbocycles. The van der Waals surface area contributed by atoms with Gasteiger partial charge in [-0.2, -0.15) is 0 Å². The third-order valence-corrected chi connectivity index (χ3v) is 10.5. The molecule has 0 aliphatic heterocycles. The second-order valence-corrected chi connectivity index (χ2v) is 16.1. The molecule has 3 unspecified atom stereocenters. The lowest BCUT2D eigenvalue weighted by Crippen LogP contribution is -2.46. The molecule has 0 radical (unpaired) electrons. The molecule has 0 rings (SSSR count). The summed E-state index contributed by atoms with van der Waals surface area (Å²) in [5, 5.41) is 23.7. The zero-order chi connectivity index (χ0) is 42.4. The van der Waals surface area contributed by atoms with Crippen molar-refractivity contribution in [3.8, 4) is 0 Å². The van der Waals surface area contributed by atoms with Crippen LogP contribution in [0.3, 0.4) is 0 Å². The molecule has 0 saturated carbocycles. The van der Waals surface area contributed by atoms with E-state index in [1.165, 1.54) is 57.8 Å².